The van der Waals surface area contributed by atoms with Gasteiger partial charge in [-0.2, -0.15) is 0 Å². The minimum Gasteiger partial charge on any atom is -0.0656 e. The molecule has 0 heterocycles. The van der Waals surface area contributed by atoms with Crippen molar-refractivity contribution in [2.75, 3.05) is 0 Å². The predicted octanol–water partition coefficient (Wildman–Crippen LogP) is 0.933. The van der Waals surface area contributed by atoms with E-state index in [0.717, 1.165) is 0 Å². The van der Waals surface area contributed by atoms with Crippen LogP contribution in [0.2, 0.25) is 0 Å². The molecule has 0 aromatic carbocycles. The quantitative estimate of drug-likeness (QED) is 0.411. The van der Waals surface area contributed by atoms with Crippen LogP contribution in [0.5, 0.6) is 0 Å². The number of hydrogen-bond acceptors (Lipinski definition) is 0. The number of hydrogen-bond donors (Lipinski definition) is 0. The van der Waals surface area contributed by atoms with E-state index in [4.69, 9.17) is 0 Å². The Morgan fingerprint density at radius 1 is 1.20 bits per heavy atom. The van der Waals surface area contributed by atoms with E-state index in [9.17, 15) is 0 Å². The molecular formula is C3H8NTi. The third-order valence-electron chi connectivity index (χ3n) is 0. The van der Waals surface area contributed by atoms with Crippen molar-refractivity contribution in [3.8, 4) is 0 Å². The van der Waals surface area contributed by atoms with Crippen molar-refractivity contribution >= 4 is 0 Å². The number of nitrogens with zero attached hydrogens (tertiary/aromatic N) is 1. The first-order chi connectivity index (χ1) is 1.41. The van der Waals surface area contributed by atoms with Crippen molar-refractivity contribution in [2.45, 2.75) is 20.3 Å². The van der Waals surface area contributed by atoms with Crippen LogP contribution in [0, 0.1) is 0 Å². The fourth-order valence-corrected chi connectivity index (χ4v) is 0. The Hall–Kier alpha value is 0.674. The van der Waals surface area contributed by atoms with Gasteiger partial charge in [0, 0.05) is 27.9 Å². The summed E-state index contributed by atoms with van der Waals surface area (Å²) in [6, 6.07) is 0. The monoisotopic (exact) mass is 106 g/mol. The first-order valence-corrected chi connectivity index (χ1v) is 1.41. The molecule has 3 radical (unpaired) electrons. The van der Waals surface area contributed by atoms with Gasteiger partial charge in [-0.15, -0.1) is 0 Å². The van der Waals surface area contributed by atoms with Crippen molar-refractivity contribution in [1.82, 2.24) is 6.15 Å². The Morgan fingerprint density at radius 3 is 1.20 bits per heavy atom. The van der Waals surface area contributed by atoms with Crippen LogP contribution in [0.15, 0.2) is 0 Å². The molecular weight excluding hydrogens is 97.9 g/mol. The van der Waals surface area contributed by atoms with Gasteiger partial charge in [-0.1, -0.05) is 20.3 Å². The zero-order chi connectivity index (χ0) is 2.71. The molecule has 0 unspecified atom stereocenters. The molecule has 0 spiro atoms. The largest absolute Gasteiger partial charge is 0.0656 e. The van der Waals surface area contributed by atoms with Gasteiger partial charge >= 0.3 is 0 Å². The SMILES string of the molecule is CCC.[N].[Ti]. The van der Waals surface area contributed by atoms with Crippen LogP contribution in [0.4, 0.5) is 0 Å². The second-order valence-electron chi connectivity index (χ2n) is 0.707. The van der Waals surface area contributed by atoms with Crippen molar-refractivity contribution < 1.29 is 21.7 Å². The molecule has 0 aromatic rings. The first kappa shape index (κ1) is 17.3. The molecule has 0 fully saturated rings. The molecule has 0 aromatic heterocycles. The van der Waals surface area contributed by atoms with Gasteiger partial charge in [0.1, 0.15) is 0 Å². The van der Waals surface area contributed by atoms with Crippen LogP contribution in [0.3, 0.4) is 0 Å². The molecule has 0 saturated carbocycles. The van der Waals surface area contributed by atoms with Crippen LogP contribution < -0.4 is 6.15 Å². The van der Waals surface area contributed by atoms with E-state index in [1.54, 1.807) is 0 Å². The summed E-state index contributed by atoms with van der Waals surface area (Å²) in [5.41, 5.74) is 0. The maximum Gasteiger partial charge on any atom is 0 e. The Labute approximate surface area is 48.6 Å². The predicted molar refractivity (Wildman–Crippen MR) is 18.1 cm³/mol. The van der Waals surface area contributed by atoms with E-state index < -0.39 is 0 Å². The van der Waals surface area contributed by atoms with Gasteiger partial charge < -0.3 is 0 Å². The average molecular weight is 106 g/mol. The van der Waals surface area contributed by atoms with Crippen LogP contribution in [0.1, 0.15) is 20.3 Å². The summed E-state index contributed by atoms with van der Waals surface area (Å²) >= 11 is 0. The second-order valence-corrected chi connectivity index (χ2v) is 0.707. The zero-order valence-corrected chi connectivity index (χ0v) is 5.22. The molecule has 5 heavy (non-hydrogen) atoms. The molecule has 2 heteroatoms. The normalized spacial score (nSPS) is 3.60. The van der Waals surface area contributed by atoms with Crippen LogP contribution in [0.25, 0.3) is 0 Å². The summed E-state index contributed by atoms with van der Waals surface area (Å²) in [4.78, 5) is 0. The van der Waals surface area contributed by atoms with Gasteiger partial charge in [0.05, 0.1) is 0 Å². The minimum absolute atomic E-state index is 0. The van der Waals surface area contributed by atoms with E-state index in [-0.39, 0.29) is 27.9 Å². The topological polar surface area (TPSA) is 30.5 Å². The molecule has 0 rings (SSSR count). The van der Waals surface area contributed by atoms with E-state index in [1.165, 1.54) is 6.42 Å². The molecule has 0 N–H and O–H groups in total. The fraction of sp³-hybridized carbons (Fsp3) is 1.00. The van der Waals surface area contributed by atoms with Crippen molar-refractivity contribution in [3.05, 3.63) is 0 Å². The second kappa shape index (κ2) is 22.5. The van der Waals surface area contributed by atoms with E-state index in [0.29, 0.717) is 0 Å². The summed E-state index contributed by atoms with van der Waals surface area (Å²) in [6.45, 7) is 4.25. The molecule has 0 aliphatic carbocycles. The average Bonchev–Trinajstić information content (AvgIpc) is 0.918. The third-order valence-corrected chi connectivity index (χ3v) is 0. The molecule has 0 bridgehead atoms. The first-order valence-electron chi connectivity index (χ1n) is 1.41. The molecule has 0 aliphatic heterocycles. The van der Waals surface area contributed by atoms with Crippen molar-refractivity contribution in [2.24, 2.45) is 0 Å². The van der Waals surface area contributed by atoms with E-state index in [1.807, 2.05) is 0 Å². The summed E-state index contributed by atoms with van der Waals surface area (Å²) in [5, 5.41) is 0. The minimum atomic E-state index is 0. The van der Waals surface area contributed by atoms with Gasteiger partial charge in [-0.3, -0.25) is 0 Å². The van der Waals surface area contributed by atoms with Crippen LogP contribution in [-0.2, 0) is 21.7 Å². The molecule has 1 nitrogen and oxygen atoms in total. The maximum absolute atomic E-state index is 2.12. The van der Waals surface area contributed by atoms with Gasteiger partial charge in [-0.05, 0) is 0 Å². The Balaban J connectivity index is -0.0000000200. The summed E-state index contributed by atoms with van der Waals surface area (Å²) < 4.78 is 0. The smallest absolute Gasteiger partial charge is 0 e. The maximum atomic E-state index is 2.12. The number of rotatable bonds is 0. The zero-order valence-electron chi connectivity index (χ0n) is 3.65. The van der Waals surface area contributed by atoms with Gasteiger partial charge in [0.25, 0.3) is 0 Å². The molecule has 29 valence electrons. The van der Waals surface area contributed by atoms with Crippen molar-refractivity contribution in [3.63, 3.8) is 0 Å². The third kappa shape index (κ3) is 73.5. The molecule has 0 amide bonds. The Bertz CT molecular complexity index is 6.85. The van der Waals surface area contributed by atoms with Gasteiger partial charge in [-0.25, -0.2) is 0 Å². The van der Waals surface area contributed by atoms with Gasteiger partial charge in [0.2, 0.25) is 0 Å². The standard InChI is InChI=1S/C3H8.N.Ti/c1-3-2;;/h3H2,1-2H3;;. The van der Waals surface area contributed by atoms with Crippen molar-refractivity contribution in [1.29, 1.82) is 0 Å². The molecule has 0 atom stereocenters. The Morgan fingerprint density at radius 2 is 1.20 bits per heavy atom. The Kier molecular flexibility index (Phi) is 78.0. The van der Waals surface area contributed by atoms with E-state index in [2.05, 4.69) is 13.8 Å². The van der Waals surface area contributed by atoms with Crippen LogP contribution in [-0.4, -0.2) is 0 Å². The van der Waals surface area contributed by atoms with E-state index >= 15 is 0 Å². The summed E-state index contributed by atoms with van der Waals surface area (Å²) in [6.07, 6.45) is 1.25. The summed E-state index contributed by atoms with van der Waals surface area (Å²) in [7, 11) is 0. The van der Waals surface area contributed by atoms with Gasteiger partial charge in [0.15, 0.2) is 0 Å². The van der Waals surface area contributed by atoms with Crippen LogP contribution >= 0.6 is 0 Å². The summed E-state index contributed by atoms with van der Waals surface area (Å²) in [5.74, 6) is 0. The molecule has 0 aliphatic rings. The fourth-order valence-electron chi connectivity index (χ4n) is 0. The molecule has 0 saturated heterocycles.